The number of benzene rings is 2. The van der Waals surface area contributed by atoms with Gasteiger partial charge < -0.3 is 0 Å². The number of carbonyl (C=O) groups excluding carboxylic acids is 1. The fourth-order valence-electron chi connectivity index (χ4n) is 1.77. The molecule has 0 saturated heterocycles. The van der Waals surface area contributed by atoms with E-state index in [2.05, 4.69) is 0 Å². The number of Topliss-reactive ketones (excluding diaryl/α,β-unsaturated/α-hetero) is 1. The molecule has 1 nitrogen and oxygen atoms in total. The van der Waals surface area contributed by atoms with Gasteiger partial charge in [-0.05, 0) is 24.6 Å². The zero-order valence-electron chi connectivity index (χ0n) is 10.7. The number of thioether (sulfide) groups is 1. The second kappa shape index (κ2) is 6.78. The highest BCUT2D eigenvalue weighted by Gasteiger charge is 2.07. The molecule has 2 aromatic rings. The van der Waals surface area contributed by atoms with Crippen molar-refractivity contribution >= 4 is 29.1 Å². The SMILES string of the molecule is Cc1cccc(C(=O)CSCc2ccccc2Cl)c1. The van der Waals surface area contributed by atoms with Gasteiger partial charge in [-0.3, -0.25) is 4.79 Å². The van der Waals surface area contributed by atoms with Gasteiger partial charge in [0.15, 0.2) is 5.78 Å². The lowest BCUT2D eigenvalue weighted by Crippen LogP contribution is -2.02. The van der Waals surface area contributed by atoms with Crippen LogP contribution in [0.4, 0.5) is 0 Å². The lowest BCUT2D eigenvalue weighted by molar-refractivity contribution is 0.102. The van der Waals surface area contributed by atoms with E-state index in [1.54, 1.807) is 11.8 Å². The molecule has 2 aromatic carbocycles. The second-order valence-corrected chi connectivity index (χ2v) is 5.77. The highest BCUT2D eigenvalue weighted by Crippen LogP contribution is 2.21. The number of hydrogen-bond acceptors (Lipinski definition) is 2. The predicted octanol–water partition coefficient (Wildman–Crippen LogP) is 4.76. The smallest absolute Gasteiger partial charge is 0.172 e. The Labute approximate surface area is 123 Å². The van der Waals surface area contributed by atoms with Crippen molar-refractivity contribution in [3.8, 4) is 0 Å². The maximum atomic E-state index is 12.0. The van der Waals surface area contributed by atoms with Crippen molar-refractivity contribution in [3.05, 3.63) is 70.2 Å². The number of hydrogen-bond donors (Lipinski definition) is 0. The average molecular weight is 291 g/mol. The van der Waals surface area contributed by atoms with Gasteiger partial charge in [-0.1, -0.05) is 53.6 Å². The molecule has 0 saturated carbocycles. The fraction of sp³-hybridized carbons (Fsp3) is 0.188. The topological polar surface area (TPSA) is 17.1 Å². The van der Waals surface area contributed by atoms with Crippen LogP contribution in [0.15, 0.2) is 48.5 Å². The van der Waals surface area contributed by atoms with E-state index in [0.29, 0.717) is 5.75 Å². The first kappa shape index (κ1) is 14.2. The molecular weight excluding hydrogens is 276 g/mol. The van der Waals surface area contributed by atoms with Crippen molar-refractivity contribution in [2.75, 3.05) is 5.75 Å². The molecular formula is C16H15ClOS. The Bertz CT molecular complexity index is 580. The van der Waals surface area contributed by atoms with Crippen LogP contribution >= 0.6 is 23.4 Å². The summed E-state index contributed by atoms with van der Waals surface area (Å²) in [6, 6.07) is 15.4. The molecule has 2 rings (SSSR count). The Morgan fingerprint density at radius 2 is 1.95 bits per heavy atom. The van der Waals surface area contributed by atoms with Gasteiger partial charge in [-0.25, -0.2) is 0 Å². The Hall–Kier alpha value is -1.25. The lowest BCUT2D eigenvalue weighted by Gasteiger charge is -2.04. The number of aryl methyl sites for hydroxylation is 1. The highest BCUT2D eigenvalue weighted by atomic mass is 35.5. The van der Waals surface area contributed by atoms with Crippen LogP contribution in [0.1, 0.15) is 21.5 Å². The molecule has 0 spiro atoms. The van der Waals surface area contributed by atoms with Crippen LogP contribution in [0, 0.1) is 6.92 Å². The van der Waals surface area contributed by atoms with E-state index in [1.807, 2.05) is 55.5 Å². The Morgan fingerprint density at radius 3 is 2.68 bits per heavy atom. The second-order valence-electron chi connectivity index (χ2n) is 4.38. The Kier molecular flexibility index (Phi) is 5.06. The fourth-order valence-corrected chi connectivity index (χ4v) is 2.98. The van der Waals surface area contributed by atoms with Crippen LogP contribution in [-0.4, -0.2) is 11.5 Å². The molecule has 0 atom stereocenters. The van der Waals surface area contributed by atoms with Gasteiger partial charge in [-0.2, -0.15) is 0 Å². The van der Waals surface area contributed by atoms with Crippen molar-refractivity contribution in [1.82, 2.24) is 0 Å². The van der Waals surface area contributed by atoms with E-state index < -0.39 is 0 Å². The van der Waals surface area contributed by atoms with Crippen LogP contribution in [0.2, 0.25) is 5.02 Å². The summed E-state index contributed by atoms with van der Waals surface area (Å²) in [5, 5.41) is 0.762. The standard InChI is InChI=1S/C16H15ClOS/c1-12-5-4-7-13(9-12)16(18)11-19-10-14-6-2-3-8-15(14)17/h2-9H,10-11H2,1H3. The summed E-state index contributed by atoms with van der Waals surface area (Å²) in [6.45, 7) is 1.99. The monoisotopic (exact) mass is 290 g/mol. The normalized spacial score (nSPS) is 10.4. The molecule has 0 bridgehead atoms. The summed E-state index contributed by atoms with van der Waals surface area (Å²) in [6.07, 6.45) is 0. The Morgan fingerprint density at radius 1 is 1.16 bits per heavy atom. The van der Waals surface area contributed by atoms with Gasteiger partial charge in [0.1, 0.15) is 0 Å². The molecule has 0 aliphatic heterocycles. The minimum absolute atomic E-state index is 0.167. The molecule has 19 heavy (non-hydrogen) atoms. The van der Waals surface area contributed by atoms with Crippen LogP contribution < -0.4 is 0 Å². The molecule has 0 radical (unpaired) electrons. The quantitative estimate of drug-likeness (QED) is 0.738. The van der Waals surface area contributed by atoms with Gasteiger partial charge >= 0.3 is 0 Å². The third-order valence-electron chi connectivity index (χ3n) is 2.79. The van der Waals surface area contributed by atoms with Gasteiger partial charge in [0.2, 0.25) is 0 Å². The minimum atomic E-state index is 0.167. The first-order valence-electron chi connectivity index (χ1n) is 6.08. The lowest BCUT2D eigenvalue weighted by atomic mass is 10.1. The molecule has 0 aliphatic carbocycles. The van der Waals surface area contributed by atoms with Crippen LogP contribution in [0.5, 0.6) is 0 Å². The zero-order valence-corrected chi connectivity index (χ0v) is 12.3. The largest absolute Gasteiger partial charge is 0.293 e. The third-order valence-corrected chi connectivity index (χ3v) is 4.14. The van der Waals surface area contributed by atoms with E-state index in [1.165, 1.54) is 0 Å². The summed E-state index contributed by atoms with van der Waals surface area (Å²) in [5.41, 5.74) is 2.97. The molecule has 0 aromatic heterocycles. The minimum Gasteiger partial charge on any atom is -0.293 e. The number of halogens is 1. The third kappa shape index (κ3) is 4.12. The molecule has 98 valence electrons. The van der Waals surface area contributed by atoms with Crippen molar-refractivity contribution in [3.63, 3.8) is 0 Å². The molecule has 0 N–H and O–H groups in total. The summed E-state index contributed by atoms with van der Waals surface area (Å²) in [4.78, 5) is 12.0. The summed E-state index contributed by atoms with van der Waals surface area (Å²) in [5.74, 6) is 1.41. The van der Waals surface area contributed by atoms with Crippen LogP contribution in [0.3, 0.4) is 0 Å². The number of rotatable bonds is 5. The first-order valence-corrected chi connectivity index (χ1v) is 7.61. The van der Waals surface area contributed by atoms with Crippen LogP contribution in [0.25, 0.3) is 0 Å². The van der Waals surface area contributed by atoms with Gasteiger partial charge in [0.25, 0.3) is 0 Å². The molecule has 0 unspecified atom stereocenters. The van der Waals surface area contributed by atoms with Gasteiger partial charge in [0.05, 0.1) is 5.75 Å². The van der Waals surface area contributed by atoms with E-state index in [4.69, 9.17) is 11.6 Å². The van der Waals surface area contributed by atoms with Crippen molar-refractivity contribution in [1.29, 1.82) is 0 Å². The average Bonchev–Trinajstić information content (AvgIpc) is 2.41. The summed E-state index contributed by atoms with van der Waals surface area (Å²) < 4.78 is 0. The van der Waals surface area contributed by atoms with E-state index >= 15 is 0 Å². The molecule has 3 heteroatoms. The van der Waals surface area contributed by atoms with E-state index in [-0.39, 0.29) is 5.78 Å². The Balaban J connectivity index is 1.90. The molecule has 0 fully saturated rings. The summed E-state index contributed by atoms with van der Waals surface area (Å²) in [7, 11) is 0. The van der Waals surface area contributed by atoms with E-state index in [9.17, 15) is 4.79 Å². The maximum absolute atomic E-state index is 12.0. The molecule has 0 aliphatic rings. The van der Waals surface area contributed by atoms with Crippen molar-refractivity contribution in [2.45, 2.75) is 12.7 Å². The number of carbonyl (C=O) groups is 1. The van der Waals surface area contributed by atoms with Gasteiger partial charge in [0, 0.05) is 16.3 Å². The molecule has 0 heterocycles. The molecule has 0 amide bonds. The predicted molar refractivity (Wildman–Crippen MR) is 83.1 cm³/mol. The summed E-state index contributed by atoms with van der Waals surface area (Å²) >= 11 is 7.67. The zero-order chi connectivity index (χ0) is 13.7. The van der Waals surface area contributed by atoms with Gasteiger partial charge in [-0.15, -0.1) is 11.8 Å². The first-order chi connectivity index (χ1) is 9.16. The van der Waals surface area contributed by atoms with E-state index in [0.717, 1.165) is 27.5 Å². The maximum Gasteiger partial charge on any atom is 0.172 e. The van der Waals surface area contributed by atoms with Crippen molar-refractivity contribution in [2.24, 2.45) is 0 Å². The van der Waals surface area contributed by atoms with Crippen LogP contribution in [-0.2, 0) is 5.75 Å². The van der Waals surface area contributed by atoms with Crippen molar-refractivity contribution < 1.29 is 4.79 Å². The number of ketones is 1. The highest BCUT2D eigenvalue weighted by molar-refractivity contribution is 7.99.